The Morgan fingerprint density at radius 1 is 1.32 bits per heavy atom. The number of aromatic nitrogens is 1. The molecule has 1 N–H and O–H groups in total. The number of fused-ring (bicyclic) bond motifs is 1. The van der Waals surface area contributed by atoms with E-state index in [4.69, 9.17) is 5.26 Å². The third kappa shape index (κ3) is 3.45. The summed E-state index contributed by atoms with van der Waals surface area (Å²) >= 11 is 0. The first kappa shape index (κ1) is 13.4. The molecule has 0 radical (unpaired) electrons. The fourth-order valence-corrected chi connectivity index (χ4v) is 2.08. The van der Waals surface area contributed by atoms with Gasteiger partial charge in [-0.15, -0.1) is 0 Å². The fraction of sp³-hybridized carbons (Fsp3) is 0.375. The second-order valence-electron chi connectivity index (χ2n) is 5.58. The van der Waals surface area contributed by atoms with Crippen LogP contribution in [0.2, 0.25) is 0 Å². The summed E-state index contributed by atoms with van der Waals surface area (Å²) < 4.78 is 0. The van der Waals surface area contributed by atoms with Crippen molar-refractivity contribution in [1.82, 2.24) is 4.98 Å². The molecule has 0 atom stereocenters. The molecular formula is C16H19N3. The standard InChI is InChI=1S/C16H19N3/c1-16(2,8-4-9-17)12-19-15-6-3-5-13-7-10-18-11-14(13)15/h3,5-7,10-11,19H,4,8,12H2,1-2H3. The van der Waals surface area contributed by atoms with Crippen molar-refractivity contribution >= 4 is 16.5 Å². The van der Waals surface area contributed by atoms with Crippen LogP contribution in [0.25, 0.3) is 10.8 Å². The molecule has 0 amide bonds. The van der Waals surface area contributed by atoms with E-state index in [9.17, 15) is 0 Å². The number of hydrogen-bond donors (Lipinski definition) is 1. The first-order chi connectivity index (χ1) is 9.12. The molecule has 98 valence electrons. The predicted molar refractivity (Wildman–Crippen MR) is 78.9 cm³/mol. The number of rotatable bonds is 5. The molecule has 1 aromatic heterocycles. The highest BCUT2D eigenvalue weighted by molar-refractivity contribution is 5.93. The van der Waals surface area contributed by atoms with Crippen molar-refractivity contribution in [3.63, 3.8) is 0 Å². The molecular weight excluding hydrogens is 234 g/mol. The smallest absolute Gasteiger partial charge is 0.0621 e. The molecule has 2 aromatic rings. The van der Waals surface area contributed by atoms with E-state index in [1.54, 1.807) is 0 Å². The van der Waals surface area contributed by atoms with Gasteiger partial charge >= 0.3 is 0 Å². The van der Waals surface area contributed by atoms with Crippen LogP contribution in [0.5, 0.6) is 0 Å². The lowest BCUT2D eigenvalue weighted by Gasteiger charge is -2.24. The molecule has 0 aliphatic rings. The number of anilines is 1. The Balaban J connectivity index is 2.12. The van der Waals surface area contributed by atoms with Crippen LogP contribution >= 0.6 is 0 Å². The Hall–Kier alpha value is -2.08. The Morgan fingerprint density at radius 3 is 2.95 bits per heavy atom. The lowest BCUT2D eigenvalue weighted by Crippen LogP contribution is -2.23. The van der Waals surface area contributed by atoms with Gasteiger partial charge in [0, 0.05) is 36.4 Å². The SMILES string of the molecule is CC(C)(CCC#N)CNc1cccc2ccncc12. The topological polar surface area (TPSA) is 48.7 Å². The van der Waals surface area contributed by atoms with E-state index in [1.165, 1.54) is 5.39 Å². The highest BCUT2D eigenvalue weighted by Crippen LogP contribution is 2.26. The number of nitrogens with one attached hydrogen (secondary N) is 1. The van der Waals surface area contributed by atoms with Crippen LogP contribution in [0.15, 0.2) is 36.7 Å². The van der Waals surface area contributed by atoms with E-state index in [0.717, 1.165) is 24.0 Å². The van der Waals surface area contributed by atoms with Crippen molar-refractivity contribution in [2.24, 2.45) is 5.41 Å². The van der Waals surface area contributed by atoms with Gasteiger partial charge in [0.05, 0.1) is 6.07 Å². The average Bonchev–Trinajstić information content (AvgIpc) is 2.43. The Labute approximate surface area is 114 Å². The van der Waals surface area contributed by atoms with Gasteiger partial charge in [0.2, 0.25) is 0 Å². The van der Waals surface area contributed by atoms with Crippen molar-refractivity contribution in [2.75, 3.05) is 11.9 Å². The number of hydrogen-bond acceptors (Lipinski definition) is 3. The highest BCUT2D eigenvalue weighted by Gasteiger charge is 2.17. The van der Waals surface area contributed by atoms with Crippen LogP contribution in [0.1, 0.15) is 26.7 Å². The summed E-state index contributed by atoms with van der Waals surface area (Å²) in [5.41, 5.74) is 1.22. The molecule has 1 aromatic carbocycles. The van der Waals surface area contributed by atoms with Crippen molar-refractivity contribution in [1.29, 1.82) is 5.26 Å². The first-order valence-corrected chi connectivity index (χ1v) is 6.56. The predicted octanol–water partition coefficient (Wildman–Crippen LogP) is 3.98. The van der Waals surface area contributed by atoms with E-state index < -0.39 is 0 Å². The summed E-state index contributed by atoms with van der Waals surface area (Å²) in [5.74, 6) is 0. The van der Waals surface area contributed by atoms with Gasteiger partial charge in [0.25, 0.3) is 0 Å². The monoisotopic (exact) mass is 253 g/mol. The zero-order chi connectivity index (χ0) is 13.7. The minimum absolute atomic E-state index is 0.111. The summed E-state index contributed by atoms with van der Waals surface area (Å²) in [5, 5.41) is 14.5. The maximum absolute atomic E-state index is 8.68. The van der Waals surface area contributed by atoms with Crippen molar-refractivity contribution in [2.45, 2.75) is 26.7 Å². The highest BCUT2D eigenvalue weighted by atomic mass is 14.9. The van der Waals surface area contributed by atoms with E-state index in [1.807, 2.05) is 24.5 Å². The summed E-state index contributed by atoms with van der Waals surface area (Å²) in [7, 11) is 0. The first-order valence-electron chi connectivity index (χ1n) is 6.56. The molecule has 0 fully saturated rings. The van der Waals surface area contributed by atoms with Crippen molar-refractivity contribution in [3.8, 4) is 6.07 Å². The molecule has 0 bridgehead atoms. The number of benzene rings is 1. The quantitative estimate of drug-likeness (QED) is 0.876. The molecule has 19 heavy (non-hydrogen) atoms. The van der Waals surface area contributed by atoms with Gasteiger partial charge in [-0.1, -0.05) is 26.0 Å². The summed E-state index contributed by atoms with van der Waals surface area (Å²) in [6, 6.07) is 10.4. The van der Waals surface area contributed by atoms with Crippen LogP contribution in [0, 0.1) is 16.7 Å². The van der Waals surface area contributed by atoms with Crippen LogP contribution in [-0.4, -0.2) is 11.5 Å². The summed E-state index contributed by atoms with van der Waals surface area (Å²) in [6.45, 7) is 5.21. The van der Waals surface area contributed by atoms with Gasteiger partial charge in [-0.25, -0.2) is 0 Å². The third-order valence-electron chi connectivity index (χ3n) is 3.35. The number of pyridine rings is 1. The number of nitriles is 1. The molecule has 3 nitrogen and oxygen atoms in total. The normalized spacial score (nSPS) is 11.2. The molecule has 1 heterocycles. The van der Waals surface area contributed by atoms with Crippen LogP contribution < -0.4 is 5.32 Å². The third-order valence-corrected chi connectivity index (χ3v) is 3.35. The second-order valence-corrected chi connectivity index (χ2v) is 5.58. The van der Waals surface area contributed by atoms with Gasteiger partial charge in [0.1, 0.15) is 0 Å². The molecule has 2 rings (SSSR count). The second kappa shape index (κ2) is 5.71. The van der Waals surface area contributed by atoms with Crippen LogP contribution in [0.3, 0.4) is 0 Å². The van der Waals surface area contributed by atoms with Gasteiger partial charge in [-0.05, 0) is 29.4 Å². The summed E-state index contributed by atoms with van der Waals surface area (Å²) in [6.07, 6.45) is 5.20. The summed E-state index contributed by atoms with van der Waals surface area (Å²) in [4.78, 5) is 4.18. The molecule has 0 spiro atoms. The zero-order valence-electron chi connectivity index (χ0n) is 11.5. The van der Waals surface area contributed by atoms with E-state index in [2.05, 4.69) is 42.4 Å². The Bertz CT molecular complexity index is 591. The molecule has 0 aliphatic heterocycles. The minimum Gasteiger partial charge on any atom is -0.384 e. The van der Waals surface area contributed by atoms with Gasteiger partial charge in [0.15, 0.2) is 0 Å². The number of nitrogens with zero attached hydrogens (tertiary/aromatic N) is 2. The van der Waals surface area contributed by atoms with Crippen molar-refractivity contribution < 1.29 is 0 Å². The molecule has 0 saturated heterocycles. The lowest BCUT2D eigenvalue weighted by atomic mass is 9.88. The van der Waals surface area contributed by atoms with E-state index >= 15 is 0 Å². The Morgan fingerprint density at radius 2 is 2.16 bits per heavy atom. The fourth-order valence-electron chi connectivity index (χ4n) is 2.08. The van der Waals surface area contributed by atoms with E-state index in [-0.39, 0.29) is 5.41 Å². The zero-order valence-corrected chi connectivity index (χ0v) is 11.5. The van der Waals surface area contributed by atoms with Gasteiger partial charge in [-0.2, -0.15) is 5.26 Å². The average molecular weight is 253 g/mol. The largest absolute Gasteiger partial charge is 0.384 e. The van der Waals surface area contributed by atoms with Gasteiger partial charge in [-0.3, -0.25) is 4.98 Å². The molecule has 3 heteroatoms. The van der Waals surface area contributed by atoms with E-state index in [0.29, 0.717) is 6.42 Å². The Kier molecular flexibility index (Phi) is 4.01. The van der Waals surface area contributed by atoms with Crippen LogP contribution in [-0.2, 0) is 0 Å². The van der Waals surface area contributed by atoms with Crippen LogP contribution in [0.4, 0.5) is 5.69 Å². The minimum atomic E-state index is 0.111. The molecule has 0 saturated carbocycles. The maximum Gasteiger partial charge on any atom is 0.0621 e. The van der Waals surface area contributed by atoms with Gasteiger partial charge < -0.3 is 5.32 Å². The van der Waals surface area contributed by atoms with Crippen molar-refractivity contribution in [3.05, 3.63) is 36.7 Å². The lowest BCUT2D eigenvalue weighted by molar-refractivity contribution is 0.364. The molecule has 0 unspecified atom stereocenters. The maximum atomic E-state index is 8.68. The molecule has 0 aliphatic carbocycles.